The lowest BCUT2D eigenvalue weighted by molar-refractivity contribution is -0.118. The van der Waals surface area contributed by atoms with E-state index in [0.29, 0.717) is 22.5 Å². The monoisotopic (exact) mass is 436 g/mol. The first kappa shape index (κ1) is 21.5. The Balaban J connectivity index is 1.55. The van der Waals surface area contributed by atoms with Crippen LogP contribution in [0.1, 0.15) is 43.9 Å². The lowest BCUT2D eigenvalue weighted by Gasteiger charge is -2.09. The van der Waals surface area contributed by atoms with Crippen LogP contribution >= 0.6 is 0 Å². The number of amides is 2. The number of anilines is 1. The Bertz CT molecular complexity index is 1170. The fourth-order valence-electron chi connectivity index (χ4n) is 3.37. The summed E-state index contributed by atoms with van der Waals surface area (Å²) in [4.78, 5) is 24.7. The summed E-state index contributed by atoms with van der Waals surface area (Å²) in [6, 6.07) is 12.3. The molecule has 4 rings (SSSR count). The van der Waals surface area contributed by atoms with Crippen LogP contribution in [-0.2, 0) is 11.3 Å². The van der Waals surface area contributed by atoms with Gasteiger partial charge in [0.25, 0.3) is 0 Å². The molecule has 3 N–H and O–H groups in total. The van der Waals surface area contributed by atoms with Crippen molar-refractivity contribution in [2.24, 2.45) is 5.92 Å². The Labute approximate surface area is 185 Å². The zero-order valence-electron chi connectivity index (χ0n) is 17.9. The number of carbonyl (C=O) groups is 2. The number of aromatic nitrogens is 2. The van der Waals surface area contributed by atoms with Crippen LogP contribution in [0.2, 0.25) is 0 Å². The van der Waals surface area contributed by atoms with Gasteiger partial charge < -0.3 is 15.7 Å². The molecule has 0 aliphatic heterocycles. The minimum absolute atomic E-state index is 0.0429. The summed E-state index contributed by atoms with van der Waals surface area (Å²) < 4.78 is 14.7. The van der Waals surface area contributed by atoms with Gasteiger partial charge in [0.15, 0.2) is 0 Å². The second kappa shape index (κ2) is 8.82. The van der Waals surface area contributed by atoms with Crippen LogP contribution in [0.5, 0.6) is 5.75 Å². The molecule has 1 heterocycles. The lowest BCUT2D eigenvalue weighted by atomic mass is 10.1. The first-order valence-electron chi connectivity index (χ1n) is 10.6. The number of phenolic OH excluding ortho intramolecular Hbond substituents is 1. The number of halogens is 1. The van der Waals surface area contributed by atoms with Crippen LogP contribution in [0.3, 0.4) is 0 Å². The lowest BCUT2D eigenvalue weighted by Crippen LogP contribution is -2.30. The van der Waals surface area contributed by atoms with Crippen LogP contribution in [0.15, 0.2) is 48.5 Å². The summed E-state index contributed by atoms with van der Waals surface area (Å²) in [6.45, 7) is 3.75. The number of rotatable bonds is 6. The van der Waals surface area contributed by atoms with Gasteiger partial charge in [-0.1, -0.05) is 26.0 Å². The van der Waals surface area contributed by atoms with Crippen molar-refractivity contribution in [3.8, 4) is 17.0 Å². The number of nitrogens with one attached hydrogen (secondary N) is 2. The zero-order valence-corrected chi connectivity index (χ0v) is 17.9. The van der Waals surface area contributed by atoms with Crippen molar-refractivity contribution in [1.29, 1.82) is 0 Å². The van der Waals surface area contributed by atoms with Gasteiger partial charge in [-0.2, -0.15) is 9.78 Å². The fourth-order valence-corrected chi connectivity index (χ4v) is 3.37. The van der Waals surface area contributed by atoms with Gasteiger partial charge in [0.1, 0.15) is 11.6 Å². The van der Waals surface area contributed by atoms with E-state index in [4.69, 9.17) is 0 Å². The molecule has 166 valence electrons. The van der Waals surface area contributed by atoms with E-state index in [0.717, 1.165) is 18.5 Å². The Kier molecular flexibility index (Phi) is 5.94. The van der Waals surface area contributed by atoms with Gasteiger partial charge in [0.05, 0.1) is 11.4 Å². The highest BCUT2D eigenvalue weighted by Crippen LogP contribution is 2.42. The Morgan fingerprint density at radius 2 is 1.97 bits per heavy atom. The summed E-state index contributed by atoms with van der Waals surface area (Å²) in [6.07, 6.45) is 1.93. The Hall–Kier alpha value is -3.68. The van der Waals surface area contributed by atoms with Crippen molar-refractivity contribution >= 4 is 17.6 Å². The molecule has 32 heavy (non-hydrogen) atoms. The first-order chi connectivity index (χ1) is 15.3. The van der Waals surface area contributed by atoms with Gasteiger partial charge in [0.2, 0.25) is 5.91 Å². The van der Waals surface area contributed by atoms with Crippen molar-refractivity contribution < 1.29 is 19.1 Å². The quantitative estimate of drug-likeness (QED) is 0.525. The highest BCUT2D eigenvalue weighted by Gasteiger charge is 2.30. The first-order valence-corrected chi connectivity index (χ1v) is 10.6. The Morgan fingerprint density at radius 3 is 2.62 bits per heavy atom. The molecule has 3 aromatic rings. The van der Waals surface area contributed by atoms with Crippen LogP contribution in [0, 0.1) is 11.7 Å². The highest BCUT2D eigenvalue weighted by atomic mass is 19.1. The molecule has 1 aliphatic rings. The molecule has 0 unspecified atom stereocenters. The molecule has 0 saturated heterocycles. The normalized spacial score (nSPS) is 13.2. The number of benzene rings is 2. The van der Waals surface area contributed by atoms with E-state index in [-0.39, 0.29) is 35.9 Å². The van der Waals surface area contributed by atoms with Gasteiger partial charge in [-0.15, -0.1) is 0 Å². The highest BCUT2D eigenvalue weighted by molar-refractivity contribution is 5.92. The number of hydrogen-bond donors (Lipinski definition) is 3. The van der Waals surface area contributed by atoms with Crippen molar-refractivity contribution in [2.45, 2.75) is 39.2 Å². The molecule has 2 amide bonds. The van der Waals surface area contributed by atoms with E-state index in [1.54, 1.807) is 44.2 Å². The predicted octanol–water partition coefficient (Wildman–Crippen LogP) is 4.62. The van der Waals surface area contributed by atoms with Crippen LogP contribution < -0.4 is 10.6 Å². The van der Waals surface area contributed by atoms with E-state index >= 15 is 0 Å². The molecular weight excluding hydrogens is 411 g/mol. The molecule has 0 atom stereocenters. The summed E-state index contributed by atoms with van der Waals surface area (Å²) in [5.41, 5.74) is 2.83. The number of nitrogens with zero attached hydrogens (tertiary/aromatic N) is 2. The molecule has 2 aromatic carbocycles. The largest absolute Gasteiger partial charge is 0.507 e. The van der Waals surface area contributed by atoms with Crippen molar-refractivity contribution in [3.63, 3.8) is 0 Å². The Morgan fingerprint density at radius 1 is 1.19 bits per heavy atom. The van der Waals surface area contributed by atoms with Gasteiger partial charge in [-0.25, -0.2) is 9.18 Å². The fraction of sp³-hybridized carbons (Fsp3) is 0.292. The molecule has 8 heteroatoms. The molecule has 0 spiro atoms. The maximum atomic E-state index is 13.4. The van der Waals surface area contributed by atoms with Crippen LogP contribution in [0.4, 0.5) is 14.9 Å². The van der Waals surface area contributed by atoms with E-state index in [1.165, 1.54) is 22.9 Å². The summed E-state index contributed by atoms with van der Waals surface area (Å²) >= 11 is 0. The average Bonchev–Trinajstić information content (AvgIpc) is 3.50. The van der Waals surface area contributed by atoms with E-state index in [1.807, 2.05) is 0 Å². The van der Waals surface area contributed by atoms with E-state index in [2.05, 4.69) is 15.7 Å². The molecule has 1 aliphatic carbocycles. The van der Waals surface area contributed by atoms with Crippen molar-refractivity contribution in [1.82, 2.24) is 15.1 Å². The van der Waals surface area contributed by atoms with Gasteiger partial charge in [-0.3, -0.25) is 4.79 Å². The maximum Gasteiger partial charge on any atom is 0.342 e. The van der Waals surface area contributed by atoms with Crippen LogP contribution in [0.25, 0.3) is 11.3 Å². The van der Waals surface area contributed by atoms with E-state index in [9.17, 15) is 19.1 Å². The van der Waals surface area contributed by atoms with Gasteiger partial charge >= 0.3 is 6.03 Å². The van der Waals surface area contributed by atoms with Gasteiger partial charge in [-0.05, 0) is 48.7 Å². The smallest absolute Gasteiger partial charge is 0.342 e. The molecule has 1 saturated carbocycles. The molecule has 7 nitrogen and oxygen atoms in total. The zero-order chi connectivity index (χ0) is 22.8. The number of phenols is 1. The minimum Gasteiger partial charge on any atom is -0.507 e. The SMILES string of the molecule is CC(C)C(=O)Nc1ccc(-c2cc(C3CC3)n(C(=O)NCc3cccc(F)c3)n2)c(O)c1. The summed E-state index contributed by atoms with van der Waals surface area (Å²) in [7, 11) is 0. The second-order valence-electron chi connectivity index (χ2n) is 8.31. The second-order valence-corrected chi connectivity index (χ2v) is 8.31. The predicted molar refractivity (Wildman–Crippen MR) is 119 cm³/mol. The third-order valence-electron chi connectivity index (χ3n) is 5.32. The van der Waals surface area contributed by atoms with Gasteiger partial charge in [0, 0.05) is 35.7 Å². The molecule has 1 fully saturated rings. The molecule has 1 aromatic heterocycles. The van der Waals surface area contributed by atoms with E-state index < -0.39 is 6.03 Å². The van der Waals surface area contributed by atoms with Crippen LogP contribution in [-0.4, -0.2) is 26.8 Å². The average molecular weight is 436 g/mol. The molecule has 0 bridgehead atoms. The summed E-state index contributed by atoms with van der Waals surface area (Å²) in [5, 5.41) is 20.5. The third kappa shape index (κ3) is 4.80. The molecule has 0 radical (unpaired) electrons. The van der Waals surface area contributed by atoms with Crippen molar-refractivity contribution in [3.05, 3.63) is 65.6 Å². The number of aromatic hydroxyl groups is 1. The number of carbonyl (C=O) groups excluding carboxylic acids is 2. The minimum atomic E-state index is -0.414. The third-order valence-corrected chi connectivity index (χ3v) is 5.32. The number of hydrogen-bond acceptors (Lipinski definition) is 4. The molecular formula is C24H25FN4O3. The standard InChI is InChI=1S/C24H25FN4O3/c1-14(2)23(31)27-18-8-9-19(22(30)11-18)20-12-21(16-6-7-16)29(28-20)24(32)26-13-15-4-3-5-17(25)10-15/h3-5,8-12,14,16,30H,6-7,13H2,1-2H3,(H,26,32)(H,27,31). The topological polar surface area (TPSA) is 96.3 Å². The maximum absolute atomic E-state index is 13.4. The summed E-state index contributed by atoms with van der Waals surface area (Å²) in [5.74, 6) is -0.492. The van der Waals surface area contributed by atoms with Crippen molar-refractivity contribution in [2.75, 3.05) is 5.32 Å².